The summed E-state index contributed by atoms with van der Waals surface area (Å²) in [6.07, 6.45) is 6.10. The molecule has 3 nitrogen and oxygen atoms in total. The highest BCUT2D eigenvalue weighted by molar-refractivity contribution is 5.61. The first-order valence-corrected chi connectivity index (χ1v) is 5.42. The van der Waals surface area contributed by atoms with Gasteiger partial charge >= 0.3 is 0 Å². The number of rotatable bonds is 3. The van der Waals surface area contributed by atoms with Gasteiger partial charge in [-0.1, -0.05) is 31.2 Å². The van der Waals surface area contributed by atoms with Crippen molar-refractivity contribution in [1.82, 2.24) is 9.97 Å². The lowest BCUT2D eigenvalue weighted by Crippen LogP contribution is -2.08. The van der Waals surface area contributed by atoms with Crippen molar-refractivity contribution in [3.63, 3.8) is 0 Å². The van der Waals surface area contributed by atoms with Crippen LogP contribution in [0.2, 0.25) is 0 Å². The second-order valence-electron chi connectivity index (χ2n) is 3.76. The van der Waals surface area contributed by atoms with E-state index >= 15 is 0 Å². The molecule has 3 heteroatoms. The minimum atomic E-state index is 0.126. The average molecular weight is 213 g/mol. The lowest BCUT2D eigenvalue weighted by atomic mass is 10.0. The molecule has 0 fully saturated rings. The smallest absolute Gasteiger partial charge is 0.115 e. The Balaban J connectivity index is 2.26. The number of nitrogens with two attached hydrogens (primary N) is 1. The Morgan fingerprint density at radius 2 is 1.69 bits per heavy atom. The number of nitrogens with zero attached hydrogens (tertiary/aromatic N) is 2. The van der Waals surface area contributed by atoms with Gasteiger partial charge < -0.3 is 5.73 Å². The van der Waals surface area contributed by atoms with Crippen LogP contribution in [-0.4, -0.2) is 9.97 Å². The molecular weight excluding hydrogens is 198 g/mol. The van der Waals surface area contributed by atoms with E-state index in [-0.39, 0.29) is 6.04 Å². The molecular formula is C13H15N3. The quantitative estimate of drug-likeness (QED) is 0.852. The van der Waals surface area contributed by atoms with Crippen LogP contribution < -0.4 is 5.73 Å². The second-order valence-corrected chi connectivity index (χ2v) is 3.76. The van der Waals surface area contributed by atoms with Crippen molar-refractivity contribution < 1.29 is 0 Å². The summed E-state index contributed by atoms with van der Waals surface area (Å²) in [7, 11) is 0. The minimum Gasteiger partial charge on any atom is -0.324 e. The van der Waals surface area contributed by atoms with Gasteiger partial charge in [0.15, 0.2) is 0 Å². The third-order valence-electron chi connectivity index (χ3n) is 2.67. The molecule has 1 atom stereocenters. The highest BCUT2D eigenvalue weighted by atomic mass is 14.8. The van der Waals surface area contributed by atoms with E-state index in [1.54, 1.807) is 0 Å². The molecule has 0 amide bonds. The van der Waals surface area contributed by atoms with Crippen LogP contribution in [0.1, 0.15) is 24.9 Å². The largest absolute Gasteiger partial charge is 0.324 e. The van der Waals surface area contributed by atoms with Crippen LogP contribution in [0.25, 0.3) is 11.1 Å². The summed E-state index contributed by atoms with van der Waals surface area (Å²) in [6, 6.07) is 8.38. The van der Waals surface area contributed by atoms with Gasteiger partial charge in [-0.25, -0.2) is 9.97 Å². The third kappa shape index (κ3) is 2.25. The van der Waals surface area contributed by atoms with E-state index in [2.05, 4.69) is 41.2 Å². The molecule has 1 heterocycles. The topological polar surface area (TPSA) is 51.8 Å². The highest BCUT2D eigenvalue weighted by Gasteiger charge is 2.03. The van der Waals surface area contributed by atoms with Crippen molar-refractivity contribution >= 4 is 0 Å². The zero-order valence-corrected chi connectivity index (χ0v) is 9.30. The van der Waals surface area contributed by atoms with E-state index < -0.39 is 0 Å². The molecule has 1 aromatic carbocycles. The fourth-order valence-corrected chi connectivity index (χ4v) is 1.61. The number of benzene rings is 1. The summed E-state index contributed by atoms with van der Waals surface area (Å²) in [6.45, 7) is 2.09. The van der Waals surface area contributed by atoms with Gasteiger partial charge in [-0.2, -0.15) is 0 Å². The van der Waals surface area contributed by atoms with E-state index in [0.29, 0.717) is 0 Å². The fourth-order valence-electron chi connectivity index (χ4n) is 1.61. The van der Waals surface area contributed by atoms with Gasteiger partial charge in [0.1, 0.15) is 6.33 Å². The van der Waals surface area contributed by atoms with Gasteiger partial charge in [0.2, 0.25) is 0 Å². The summed E-state index contributed by atoms with van der Waals surface area (Å²) < 4.78 is 0. The Labute approximate surface area is 95.4 Å². The molecule has 1 aromatic heterocycles. The molecule has 82 valence electrons. The van der Waals surface area contributed by atoms with Crippen LogP contribution in [0, 0.1) is 0 Å². The first kappa shape index (κ1) is 10.8. The van der Waals surface area contributed by atoms with Crippen LogP contribution in [-0.2, 0) is 0 Å². The first-order valence-electron chi connectivity index (χ1n) is 5.42. The lowest BCUT2D eigenvalue weighted by molar-refractivity contribution is 0.699. The molecule has 2 aromatic rings. The van der Waals surface area contributed by atoms with Crippen LogP contribution in [0.4, 0.5) is 0 Å². The predicted molar refractivity (Wildman–Crippen MR) is 64.7 cm³/mol. The van der Waals surface area contributed by atoms with Crippen molar-refractivity contribution in [2.45, 2.75) is 19.4 Å². The van der Waals surface area contributed by atoms with Gasteiger partial charge in [-0.3, -0.25) is 0 Å². The SMILES string of the molecule is CCC(N)c1ccc(-c2cncnc2)cc1. The molecule has 1 unspecified atom stereocenters. The van der Waals surface area contributed by atoms with Crippen LogP contribution in [0.5, 0.6) is 0 Å². The van der Waals surface area contributed by atoms with Crippen molar-refractivity contribution in [2.75, 3.05) is 0 Å². The lowest BCUT2D eigenvalue weighted by Gasteiger charge is -2.09. The Morgan fingerprint density at radius 3 is 2.25 bits per heavy atom. The Bertz CT molecular complexity index is 436. The molecule has 0 saturated carbocycles. The molecule has 0 spiro atoms. The normalized spacial score (nSPS) is 12.4. The van der Waals surface area contributed by atoms with E-state index in [4.69, 9.17) is 5.73 Å². The molecule has 0 aliphatic heterocycles. The molecule has 0 bridgehead atoms. The van der Waals surface area contributed by atoms with E-state index in [9.17, 15) is 0 Å². The standard InChI is InChI=1S/C13H15N3/c1-2-13(14)11-5-3-10(4-6-11)12-7-15-9-16-8-12/h3-9,13H,2,14H2,1H3. The summed E-state index contributed by atoms with van der Waals surface area (Å²) in [5, 5.41) is 0. The average Bonchev–Trinajstić information content (AvgIpc) is 2.39. The molecule has 2 N–H and O–H groups in total. The van der Waals surface area contributed by atoms with Crippen molar-refractivity contribution in [1.29, 1.82) is 0 Å². The Kier molecular flexibility index (Phi) is 3.27. The van der Waals surface area contributed by atoms with Gasteiger partial charge in [0.25, 0.3) is 0 Å². The van der Waals surface area contributed by atoms with Gasteiger partial charge in [-0.15, -0.1) is 0 Å². The zero-order chi connectivity index (χ0) is 11.4. The second kappa shape index (κ2) is 4.86. The summed E-state index contributed by atoms with van der Waals surface area (Å²) in [5.74, 6) is 0. The maximum absolute atomic E-state index is 5.96. The number of aromatic nitrogens is 2. The summed E-state index contributed by atoms with van der Waals surface area (Å²) in [5.41, 5.74) is 9.27. The summed E-state index contributed by atoms with van der Waals surface area (Å²) >= 11 is 0. The van der Waals surface area contributed by atoms with Gasteiger partial charge in [0, 0.05) is 24.0 Å². The van der Waals surface area contributed by atoms with E-state index in [0.717, 1.165) is 17.5 Å². The van der Waals surface area contributed by atoms with E-state index in [1.807, 2.05) is 12.4 Å². The fraction of sp³-hybridized carbons (Fsp3) is 0.231. The number of hydrogen-bond acceptors (Lipinski definition) is 3. The molecule has 0 aliphatic carbocycles. The molecule has 2 rings (SSSR count). The Hall–Kier alpha value is -1.74. The predicted octanol–water partition coefficient (Wildman–Crippen LogP) is 2.55. The molecule has 0 aliphatic rings. The van der Waals surface area contributed by atoms with Crippen molar-refractivity contribution in [3.8, 4) is 11.1 Å². The maximum Gasteiger partial charge on any atom is 0.115 e. The third-order valence-corrected chi connectivity index (χ3v) is 2.67. The number of hydrogen-bond donors (Lipinski definition) is 1. The van der Waals surface area contributed by atoms with Gasteiger partial charge in [0.05, 0.1) is 0 Å². The maximum atomic E-state index is 5.96. The van der Waals surface area contributed by atoms with E-state index in [1.165, 1.54) is 11.9 Å². The van der Waals surface area contributed by atoms with Crippen LogP contribution >= 0.6 is 0 Å². The molecule has 0 saturated heterocycles. The van der Waals surface area contributed by atoms with Crippen molar-refractivity contribution in [3.05, 3.63) is 48.5 Å². The van der Waals surface area contributed by atoms with Gasteiger partial charge in [-0.05, 0) is 17.5 Å². The first-order chi connectivity index (χ1) is 7.81. The van der Waals surface area contributed by atoms with Crippen LogP contribution in [0.15, 0.2) is 43.0 Å². The zero-order valence-electron chi connectivity index (χ0n) is 9.30. The molecule has 0 radical (unpaired) electrons. The van der Waals surface area contributed by atoms with Crippen LogP contribution in [0.3, 0.4) is 0 Å². The van der Waals surface area contributed by atoms with Crippen molar-refractivity contribution in [2.24, 2.45) is 5.73 Å². The Morgan fingerprint density at radius 1 is 1.06 bits per heavy atom. The minimum absolute atomic E-state index is 0.126. The molecule has 16 heavy (non-hydrogen) atoms. The summed E-state index contributed by atoms with van der Waals surface area (Å²) in [4.78, 5) is 8.00. The monoisotopic (exact) mass is 213 g/mol. The highest BCUT2D eigenvalue weighted by Crippen LogP contribution is 2.20.